The number of nitro groups is 1. The van der Waals surface area contributed by atoms with Crippen LogP contribution >= 0.6 is 23.1 Å². The number of ether oxygens (including phenoxy) is 1. The lowest BCUT2D eigenvalue weighted by Gasteiger charge is -2.22. The van der Waals surface area contributed by atoms with Gasteiger partial charge in [0.1, 0.15) is 23.9 Å². The van der Waals surface area contributed by atoms with Crippen LogP contribution in [0.25, 0.3) is 5.76 Å². The molecule has 1 unspecified atom stereocenters. The molecule has 0 radical (unpaired) electrons. The number of benzene rings is 4. The predicted molar refractivity (Wildman–Crippen MR) is 176 cm³/mol. The quantitative estimate of drug-likeness (QED) is 0.0307. The van der Waals surface area contributed by atoms with Crippen molar-refractivity contribution >= 4 is 51.4 Å². The number of halogens is 1. The summed E-state index contributed by atoms with van der Waals surface area (Å²) < 4.78 is 20.4. The molecule has 1 atom stereocenters. The Bertz CT molecular complexity index is 2030. The van der Waals surface area contributed by atoms with Crippen molar-refractivity contribution in [2.45, 2.75) is 29.7 Å². The summed E-state index contributed by atoms with van der Waals surface area (Å²) in [6.07, 6.45) is 0. The summed E-state index contributed by atoms with van der Waals surface area (Å²) in [5.74, 6) is -2.04. The lowest BCUT2D eigenvalue weighted by Crippen LogP contribution is -2.29. The molecule has 1 fully saturated rings. The fourth-order valence-electron chi connectivity index (χ4n) is 5.10. The van der Waals surface area contributed by atoms with Crippen molar-refractivity contribution in [1.29, 1.82) is 0 Å². The number of carbonyl (C=O) groups is 2. The van der Waals surface area contributed by atoms with E-state index in [0.717, 1.165) is 27.4 Å². The van der Waals surface area contributed by atoms with E-state index >= 15 is 0 Å². The maximum Gasteiger partial charge on any atom is 0.301 e. The molecule has 2 heterocycles. The highest BCUT2D eigenvalue weighted by molar-refractivity contribution is 8.00. The number of aliphatic hydroxyl groups is 1. The van der Waals surface area contributed by atoms with Gasteiger partial charge in [0.2, 0.25) is 5.13 Å². The van der Waals surface area contributed by atoms with E-state index in [1.165, 1.54) is 42.1 Å². The number of anilines is 1. The summed E-state index contributed by atoms with van der Waals surface area (Å²) in [7, 11) is 0. The molecule has 0 saturated carbocycles. The Labute approximate surface area is 276 Å². The summed E-state index contributed by atoms with van der Waals surface area (Å²) in [5.41, 5.74) is 2.47. The van der Waals surface area contributed by atoms with Gasteiger partial charge in [-0.15, -0.1) is 10.2 Å². The van der Waals surface area contributed by atoms with Gasteiger partial charge in [-0.25, -0.2) is 4.39 Å². The van der Waals surface area contributed by atoms with E-state index in [1.54, 1.807) is 42.5 Å². The van der Waals surface area contributed by atoms with Crippen LogP contribution in [0.4, 0.5) is 15.2 Å². The minimum atomic E-state index is -1.25. The van der Waals surface area contributed by atoms with E-state index in [1.807, 2.05) is 31.2 Å². The first kappa shape index (κ1) is 31.6. The summed E-state index contributed by atoms with van der Waals surface area (Å²) >= 11 is 2.20. The van der Waals surface area contributed by atoms with Crippen molar-refractivity contribution in [3.05, 3.63) is 146 Å². The summed E-state index contributed by atoms with van der Waals surface area (Å²) in [6, 6.07) is 24.8. The number of non-ortho nitro benzene ring substituents is 1. The van der Waals surface area contributed by atoms with Gasteiger partial charge >= 0.3 is 5.91 Å². The molecular weight excluding hydrogens is 644 g/mol. The highest BCUT2D eigenvalue weighted by atomic mass is 32.2. The second-order valence-corrected chi connectivity index (χ2v) is 12.7. The Morgan fingerprint density at radius 1 is 1.02 bits per heavy atom. The van der Waals surface area contributed by atoms with Gasteiger partial charge in [0.25, 0.3) is 11.5 Å². The molecular formula is C34H25FN4O6S2. The number of thioether (sulfide) groups is 1. The number of Topliss-reactive ketones (excluding diaryl/α,β-unsaturated/α-hetero) is 1. The van der Waals surface area contributed by atoms with Gasteiger partial charge in [-0.2, -0.15) is 0 Å². The predicted octanol–water partition coefficient (Wildman–Crippen LogP) is 7.39. The lowest BCUT2D eigenvalue weighted by molar-refractivity contribution is -0.384. The molecule has 1 aliphatic rings. The average Bonchev–Trinajstić information content (AvgIpc) is 3.65. The monoisotopic (exact) mass is 668 g/mol. The van der Waals surface area contributed by atoms with Gasteiger partial charge < -0.3 is 9.84 Å². The number of nitro benzene ring substituents is 1. The zero-order valence-electron chi connectivity index (χ0n) is 24.7. The van der Waals surface area contributed by atoms with Crippen molar-refractivity contribution < 1.29 is 28.7 Å². The average molecular weight is 669 g/mol. The Balaban J connectivity index is 1.33. The third-order valence-corrected chi connectivity index (χ3v) is 9.47. The molecule has 236 valence electrons. The molecule has 6 rings (SSSR count). The molecule has 1 aromatic heterocycles. The molecule has 13 heteroatoms. The second kappa shape index (κ2) is 13.5. The van der Waals surface area contributed by atoms with Crippen LogP contribution in [0.15, 0.2) is 107 Å². The molecule has 5 aromatic rings. The topological polar surface area (TPSA) is 136 Å². The van der Waals surface area contributed by atoms with Gasteiger partial charge in [-0.1, -0.05) is 83.3 Å². The van der Waals surface area contributed by atoms with Gasteiger partial charge in [-0.3, -0.25) is 24.6 Å². The standard InChI is InChI=1S/C34H25FN4O6S2/c1-20-6-4-7-21(16-20)18-45-26-14-12-22(13-15-26)30(40)28-29(23-9-5-10-25(17-23)39(43)44)38(32(42)31(28)41)33-36-37-34(47-33)46-19-24-8-2-3-11-27(24)35/h2-17,29,40H,18-19H2,1H3. The smallest absolute Gasteiger partial charge is 0.301 e. The summed E-state index contributed by atoms with van der Waals surface area (Å²) in [4.78, 5) is 39.2. The van der Waals surface area contributed by atoms with Gasteiger partial charge in [0, 0.05) is 23.4 Å². The molecule has 0 bridgehead atoms. The first-order chi connectivity index (χ1) is 22.7. The number of hydrogen-bond acceptors (Lipinski definition) is 10. The molecule has 0 aliphatic carbocycles. The number of amides is 1. The van der Waals surface area contributed by atoms with Gasteiger partial charge in [0.15, 0.2) is 4.34 Å². The molecule has 10 nitrogen and oxygen atoms in total. The van der Waals surface area contributed by atoms with E-state index in [2.05, 4.69) is 10.2 Å². The first-order valence-corrected chi connectivity index (χ1v) is 16.0. The number of aryl methyl sites for hydroxylation is 1. The first-order valence-electron chi connectivity index (χ1n) is 14.2. The van der Waals surface area contributed by atoms with Crippen LogP contribution < -0.4 is 9.64 Å². The Morgan fingerprint density at radius 3 is 2.53 bits per heavy atom. The van der Waals surface area contributed by atoms with Crippen LogP contribution in [0.5, 0.6) is 5.75 Å². The minimum Gasteiger partial charge on any atom is -0.507 e. The number of aromatic nitrogens is 2. The maximum absolute atomic E-state index is 14.1. The van der Waals surface area contributed by atoms with E-state index in [0.29, 0.717) is 22.3 Å². The Hall–Kier alpha value is -5.40. The largest absolute Gasteiger partial charge is 0.507 e. The van der Waals surface area contributed by atoms with Crippen LogP contribution in [0.3, 0.4) is 0 Å². The summed E-state index contributed by atoms with van der Waals surface area (Å²) in [6.45, 7) is 2.32. The number of ketones is 1. The third kappa shape index (κ3) is 6.76. The minimum absolute atomic E-state index is 0.0404. The van der Waals surface area contributed by atoms with Gasteiger partial charge in [-0.05, 0) is 53.9 Å². The number of rotatable bonds is 10. The van der Waals surface area contributed by atoms with E-state index in [9.17, 15) is 29.2 Å². The molecule has 4 aromatic carbocycles. The van der Waals surface area contributed by atoms with Crippen molar-refractivity contribution in [1.82, 2.24) is 10.2 Å². The van der Waals surface area contributed by atoms with Crippen molar-refractivity contribution in [3.8, 4) is 5.75 Å². The normalized spacial score (nSPS) is 15.6. The van der Waals surface area contributed by atoms with Crippen molar-refractivity contribution in [2.75, 3.05) is 4.90 Å². The fraction of sp³-hybridized carbons (Fsp3) is 0.118. The molecule has 1 saturated heterocycles. The Kier molecular flexibility index (Phi) is 9.09. The van der Waals surface area contributed by atoms with Crippen LogP contribution in [-0.2, 0) is 21.9 Å². The van der Waals surface area contributed by atoms with Crippen LogP contribution in [-0.4, -0.2) is 31.9 Å². The highest BCUT2D eigenvalue weighted by Gasteiger charge is 2.48. The molecule has 1 N–H and O–H groups in total. The van der Waals surface area contributed by atoms with E-state index in [4.69, 9.17) is 4.74 Å². The van der Waals surface area contributed by atoms with Crippen molar-refractivity contribution in [3.63, 3.8) is 0 Å². The van der Waals surface area contributed by atoms with Gasteiger partial charge in [0.05, 0.1) is 16.5 Å². The fourth-order valence-corrected chi connectivity index (χ4v) is 6.95. The maximum atomic E-state index is 14.1. The van der Waals surface area contributed by atoms with E-state index < -0.39 is 28.4 Å². The molecule has 1 amide bonds. The Morgan fingerprint density at radius 2 is 1.79 bits per heavy atom. The number of carbonyl (C=O) groups excluding carboxylic acids is 2. The zero-order chi connectivity index (χ0) is 33.1. The number of hydrogen-bond donors (Lipinski definition) is 1. The number of nitrogens with zero attached hydrogens (tertiary/aromatic N) is 4. The zero-order valence-corrected chi connectivity index (χ0v) is 26.3. The SMILES string of the molecule is Cc1cccc(COc2ccc(C(O)=C3C(=O)C(=O)N(c4nnc(SCc5ccccc5F)s4)C3c3cccc([N+](=O)[O-])c3)cc2)c1. The van der Waals surface area contributed by atoms with E-state index in [-0.39, 0.29) is 39.1 Å². The summed E-state index contributed by atoms with van der Waals surface area (Å²) in [5, 5.41) is 31.4. The second-order valence-electron chi connectivity index (χ2n) is 10.6. The molecule has 1 aliphatic heterocycles. The van der Waals surface area contributed by atoms with Crippen LogP contribution in [0, 0.1) is 22.9 Å². The number of aliphatic hydroxyl groups excluding tert-OH is 1. The lowest BCUT2D eigenvalue weighted by atomic mass is 9.95. The third-order valence-electron chi connectivity index (χ3n) is 7.37. The van der Waals surface area contributed by atoms with Crippen LogP contribution in [0.1, 0.15) is 33.9 Å². The van der Waals surface area contributed by atoms with Crippen LogP contribution in [0.2, 0.25) is 0 Å². The molecule has 47 heavy (non-hydrogen) atoms. The highest BCUT2D eigenvalue weighted by Crippen LogP contribution is 2.44. The molecule has 0 spiro atoms. The van der Waals surface area contributed by atoms with Crippen molar-refractivity contribution in [2.24, 2.45) is 0 Å².